The van der Waals surface area contributed by atoms with E-state index in [0.29, 0.717) is 10.6 Å². The summed E-state index contributed by atoms with van der Waals surface area (Å²) in [5, 5.41) is 7.92. The summed E-state index contributed by atoms with van der Waals surface area (Å²) >= 11 is 5.97. The van der Waals surface area contributed by atoms with Crippen LogP contribution >= 0.6 is 11.6 Å². The zero-order valence-corrected chi connectivity index (χ0v) is 12.7. The number of aryl methyl sites for hydroxylation is 3. The minimum absolute atomic E-state index is 0.151. The predicted octanol–water partition coefficient (Wildman–Crippen LogP) is 3.82. The molecule has 0 bridgehead atoms. The first-order valence-electron chi connectivity index (χ1n) is 6.63. The van der Waals surface area contributed by atoms with Gasteiger partial charge in [-0.2, -0.15) is 5.10 Å². The number of amides is 1. The largest absolute Gasteiger partial charge is 0.307 e. The quantitative estimate of drug-likeness (QED) is 0.931. The molecule has 0 aliphatic rings. The average Bonchev–Trinajstić information content (AvgIpc) is 2.73. The molecule has 0 unspecified atom stereocenters. The molecule has 2 aromatic rings. The minimum atomic E-state index is -0.151. The molecule has 0 spiro atoms. The zero-order valence-electron chi connectivity index (χ0n) is 11.9. The van der Waals surface area contributed by atoms with E-state index in [9.17, 15) is 4.79 Å². The fourth-order valence-corrected chi connectivity index (χ4v) is 2.12. The van der Waals surface area contributed by atoms with Gasteiger partial charge in [0, 0.05) is 23.2 Å². The molecule has 5 heteroatoms. The van der Waals surface area contributed by atoms with Crippen LogP contribution in [0.1, 0.15) is 35.0 Å². The van der Waals surface area contributed by atoms with E-state index in [2.05, 4.69) is 17.3 Å². The molecule has 2 rings (SSSR count). The topological polar surface area (TPSA) is 46.9 Å². The van der Waals surface area contributed by atoms with Crippen molar-refractivity contribution in [3.8, 4) is 0 Å². The van der Waals surface area contributed by atoms with E-state index >= 15 is 0 Å². The van der Waals surface area contributed by atoms with Crippen LogP contribution in [0, 0.1) is 13.8 Å². The lowest BCUT2D eigenvalue weighted by Crippen LogP contribution is -2.16. The third kappa shape index (κ3) is 3.20. The van der Waals surface area contributed by atoms with Crippen LogP contribution < -0.4 is 5.32 Å². The first-order chi connectivity index (χ1) is 9.51. The molecule has 20 heavy (non-hydrogen) atoms. The SMILES string of the molecule is CCCn1nc(C)cc1NC(=O)c1ccc(Cl)c(C)c1. The molecule has 0 aliphatic carbocycles. The summed E-state index contributed by atoms with van der Waals surface area (Å²) in [6, 6.07) is 7.11. The Kier molecular flexibility index (Phi) is 4.45. The van der Waals surface area contributed by atoms with Crippen LogP contribution in [0.5, 0.6) is 0 Å². The van der Waals surface area contributed by atoms with Gasteiger partial charge in [-0.15, -0.1) is 0 Å². The predicted molar refractivity (Wildman–Crippen MR) is 81.4 cm³/mol. The molecule has 0 saturated carbocycles. The first kappa shape index (κ1) is 14.6. The van der Waals surface area contributed by atoms with Crippen molar-refractivity contribution in [1.82, 2.24) is 9.78 Å². The molecule has 1 heterocycles. The third-order valence-corrected chi connectivity index (χ3v) is 3.42. The van der Waals surface area contributed by atoms with Crippen LogP contribution in [-0.2, 0) is 6.54 Å². The van der Waals surface area contributed by atoms with Gasteiger partial charge in [0.15, 0.2) is 0 Å². The molecule has 0 fully saturated rings. The van der Waals surface area contributed by atoms with Gasteiger partial charge >= 0.3 is 0 Å². The molecule has 1 N–H and O–H groups in total. The van der Waals surface area contributed by atoms with Crippen molar-refractivity contribution in [3.63, 3.8) is 0 Å². The van der Waals surface area contributed by atoms with E-state index in [4.69, 9.17) is 11.6 Å². The van der Waals surface area contributed by atoms with Crippen LogP contribution in [0.3, 0.4) is 0 Å². The average molecular weight is 292 g/mol. The lowest BCUT2D eigenvalue weighted by molar-refractivity contribution is 0.102. The Bertz CT molecular complexity index is 634. The number of anilines is 1. The standard InChI is InChI=1S/C15H18ClN3O/c1-4-7-19-14(9-11(3)18-19)17-15(20)12-5-6-13(16)10(2)8-12/h5-6,8-9H,4,7H2,1-3H3,(H,17,20). The molecule has 1 aromatic carbocycles. The Morgan fingerprint density at radius 3 is 2.75 bits per heavy atom. The second-order valence-electron chi connectivity index (χ2n) is 4.81. The molecule has 0 atom stereocenters. The van der Waals surface area contributed by atoms with E-state index in [1.165, 1.54) is 0 Å². The van der Waals surface area contributed by atoms with Gasteiger partial charge < -0.3 is 5.32 Å². The highest BCUT2D eigenvalue weighted by Crippen LogP contribution is 2.18. The van der Waals surface area contributed by atoms with Gasteiger partial charge in [0.05, 0.1) is 5.69 Å². The summed E-state index contributed by atoms with van der Waals surface area (Å²) in [5.41, 5.74) is 2.37. The molecule has 4 nitrogen and oxygen atoms in total. The highest BCUT2D eigenvalue weighted by atomic mass is 35.5. The van der Waals surface area contributed by atoms with E-state index < -0.39 is 0 Å². The van der Waals surface area contributed by atoms with Gasteiger partial charge in [-0.1, -0.05) is 18.5 Å². The number of benzene rings is 1. The smallest absolute Gasteiger partial charge is 0.256 e. The molecule has 1 amide bonds. The van der Waals surface area contributed by atoms with Crippen molar-refractivity contribution in [1.29, 1.82) is 0 Å². The number of carbonyl (C=O) groups excluding carboxylic acids is 1. The Morgan fingerprint density at radius 2 is 2.10 bits per heavy atom. The van der Waals surface area contributed by atoms with E-state index in [0.717, 1.165) is 30.0 Å². The molecule has 106 valence electrons. The van der Waals surface area contributed by atoms with Crippen LogP contribution in [-0.4, -0.2) is 15.7 Å². The number of carbonyl (C=O) groups is 1. The van der Waals surface area contributed by atoms with Crippen LogP contribution in [0.4, 0.5) is 5.82 Å². The van der Waals surface area contributed by atoms with Gasteiger partial charge in [0.25, 0.3) is 5.91 Å². The molecular formula is C15H18ClN3O. The fraction of sp³-hybridized carbons (Fsp3) is 0.333. The summed E-state index contributed by atoms with van der Waals surface area (Å²) in [6.07, 6.45) is 0.962. The summed E-state index contributed by atoms with van der Waals surface area (Å²) in [7, 11) is 0. The van der Waals surface area contributed by atoms with Crippen molar-refractivity contribution in [3.05, 3.63) is 46.1 Å². The van der Waals surface area contributed by atoms with Gasteiger partial charge in [0.1, 0.15) is 5.82 Å². The third-order valence-electron chi connectivity index (χ3n) is 3.00. The number of halogens is 1. The zero-order chi connectivity index (χ0) is 14.7. The normalized spacial score (nSPS) is 10.6. The second kappa shape index (κ2) is 6.09. The maximum atomic E-state index is 12.2. The maximum Gasteiger partial charge on any atom is 0.256 e. The number of rotatable bonds is 4. The van der Waals surface area contributed by atoms with E-state index in [-0.39, 0.29) is 5.91 Å². The highest BCUT2D eigenvalue weighted by Gasteiger charge is 2.11. The van der Waals surface area contributed by atoms with Crippen LogP contribution in [0.15, 0.2) is 24.3 Å². The lowest BCUT2D eigenvalue weighted by atomic mass is 10.1. The monoisotopic (exact) mass is 291 g/mol. The van der Waals surface area contributed by atoms with E-state index in [1.54, 1.807) is 18.2 Å². The lowest BCUT2D eigenvalue weighted by Gasteiger charge is -2.08. The fourth-order valence-electron chi connectivity index (χ4n) is 2.00. The van der Waals surface area contributed by atoms with Crippen molar-refractivity contribution in [2.75, 3.05) is 5.32 Å². The van der Waals surface area contributed by atoms with Crippen molar-refractivity contribution >= 4 is 23.3 Å². The second-order valence-corrected chi connectivity index (χ2v) is 5.22. The van der Waals surface area contributed by atoms with Crippen molar-refractivity contribution in [2.45, 2.75) is 33.7 Å². The van der Waals surface area contributed by atoms with Crippen LogP contribution in [0.25, 0.3) is 0 Å². The summed E-state index contributed by atoms with van der Waals surface area (Å²) in [5.74, 6) is 0.573. The highest BCUT2D eigenvalue weighted by molar-refractivity contribution is 6.31. The van der Waals surface area contributed by atoms with Gasteiger partial charge in [-0.25, -0.2) is 4.68 Å². The number of hydrogen-bond acceptors (Lipinski definition) is 2. The first-order valence-corrected chi connectivity index (χ1v) is 7.01. The number of aromatic nitrogens is 2. The van der Waals surface area contributed by atoms with Gasteiger partial charge in [-0.05, 0) is 44.0 Å². The van der Waals surface area contributed by atoms with Crippen molar-refractivity contribution in [2.24, 2.45) is 0 Å². The minimum Gasteiger partial charge on any atom is -0.307 e. The Hall–Kier alpha value is -1.81. The Labute approximate surface area is 123 Å². The molecule has 1 aromatic heterocycles. The van der Waals surface area contributed by atoms with Crippen molar-refractivity contribution < 1.29 is 4.79 Å². The maximum absolute atomic E-state index is 12.2. The number of nitrogens with zero attached hydrogens (tertiary/aromatic N) is 2. The summed E-state index contributed by atoms with van der Waals surface area (Å²) in [4.78, 5) is 12.2. The molecule has 0 aliphatic heterocycles. The number of hydrogen-bond donors (Lipinski definition) is 1. The summed E-state index contributed by atoms with van der Waals surface area (Å²) in [6.45, 7) is 6.65. The van der Waals surface area contributed by atoms with E-state index in [1.807, 2.05) is 24.6 Å². The van der Waals surface area contributed by atoms with Crippen LogP contribution in [0.2, 0.25) is 5.02 Å². The molecule has 0 radical (unpaired) electrons. The number of nitrogens with one attached hydrogen (secondary N) is 1. The molecule has 0 saturated heterocycles. The van der Waals surface area contributed by atoms with Gasteiger partial charge in [-0.3, -0.25) is 4.79 Å². The molecular weight excluding hydrogens is 274 g/mol. The Morgan fingerprint density at radius 1 is 1.35 bits per heavy atom. The summed E-state index contributed by atoms with van der Waals surface area (Å²) < 4.78 is 1.82. The van der Waals surface area contributed by atoms with Gasteiger partial charge in [0.2, 0.25) is 0 Å². The Balaban J connectivity index is 2.20.